The second kappa shape index (κ2) is 8.12. The summed E-state index contributed by atoms with van der Waals surface area (Å²) in [5.74, 6) is 0.618. The number of nitriles is 1. The summed E-state index contributed by atoms with van der Waals surface area (Å²) >= 11 is 0. The van der Waals surface area contributed by atoms with Gasteiger partial charge in [-0.3, -0.25) is 0 Å². The lowest BCUT2D eigenvalue weighted by molar-refractivity contribution is 0.583. The van der Waals surface area contributed by atoms with E-state index in [1.54, 1.807) is 6.20 Å². The molecule has 0 atom stereocenters. The summed E-state index contributed by atoms with van der Waals surface area (Å²) in [6.07, 6.45) is 4.11. The normalized spacial score (nSPS) is 14.2. The molecule has 0 radical (unpaired) electrons. The first kappa shape index (κ1) is 18.1. The molecule has 2 N–H and O–H groups in total. The van der Waals surface area contributed by atoms with Gasteiger partial charge in [-0.25, -0.2) is 13.1 Å². The Hall–Kier alpha value is -2.70. The van der Waals surface area contributed by atoms with Crippen LogP contribution in [0.15, 0.2) is 41.4 Å². The zero-order valence-corrected chi connectivity index (χ0v) is 15.0. The summed E-state index contributed by atoms with van der Waals surface area (Å²) in [5, 5.41) is 19.9. The number of rotatable bonds is 7. The van der Waals surface area contributed by atoms with Crippen LogP contribution >= 0.6 is 0 Å². The maximum Gasteiger partial charge on any atom is 0.240 e. The lowest BCUT2D eigenvalue weighted by Crippen LogP contribution is -2.29. The Morgan fingerprint density at radius 3 is 2.58 bits per heavy atom. The van der Waals surface area contributed by atoms with E-state index in [-0.39, 0.29) is 11.4 Å². The fourth-order valence-corrected chi connectivity index (χ4v) is 3.79. The number of nitrogens with zero attached hydrogens (tertiary/aromatic N) is 4. The fourth-order valence-electron chi connectivity index (χ4n) is 2.76. The summed E-state index contributed by atoms with van der Waals surface area (Å²) in [6.45, 7) is 2.64. The average molecular weight is 372 g/mol. The van der Waals surface area contributed by atoms with Crippen LogP contribution in [0.5, 0.6) is 0 Å². The Morgan fingerprint density at radius 2 is 1.88 bits per heavy atom. The number of aromatic nitrogens is 2. The summed E-state index contributed by atoms with van der Waals surface area (Å²) in [4.78, 5) is 2.39. The molecule has 1 aromatic heterocycles. The van der Waals surface area contributed by atoms with Crippen molar-refractivity contribution in [1.29, 1.82) is 5.26 Å². The lowest BCUT2D eigenvalue weighted by Gasteiger charge is -2.17. The van der Waals surface area contributed by atoms with Gasteiger partial charge in [0.2, 0.25) is 10.0 Å². The van der Waals surface area contributed by atoms with Crippen LogP contribution in [-0.2, 0) is 10.0 Å². The van der Waals surface area contributed by atoms with Crippen LogP contribution in [-0.4, -0.2) is 44.8 Å². The number of hydrogen-bond acceptors (Lipinski definition) is 7. The van der Waals surface area contributed by atoms with Crippen molar-refractivity contribution in [1.82, 2.24) is 14.9 Å². The van der Waals surface area contributed by atoms with Crippen molar-refractivity contribution < 1.29 is 8.42 Å². The van der Waals surface area contributed by atoms with E-state index in [1.165, 1.54) is 37.1 Å². The second-order valence-corrected chi connectivity index (χ2v) is 7.72. The van der Waals surface area contributed by atoms with Gasteiger partial charge in [-0.2, -0.15) is 10.4 Å². The zero-order valence-electron chi connectivity index (χ0n) is 14.2. The molecule has 1 saturated heterocycles. The molecule has 0 saturated carbocycles. The summed E-state index contributed by atoms with van der Waals surface area (Å²) < 4.78 is 27.0. The molecule has 3 rings (SSSR count). The van der Waals surface area contributed by atoms with E-state index in [4.69, 9.17) is 5.26 Å². The molecule has 2 heterocycles. The van der Waals surface area contributed by atoms with Gasteiger partial charge in [0.15, 0.2) is 5.82 Å². The first-order valence-electron chi connectivity index (χ1n) is 8.40. The van der Waals surface area contributed by atoms with Gasteiger partial charge in [0.05, 0.1) is 28.4 Å². The fraction of sp³-hybridized carbons (Fsp3) is 0.353. The van der Waals surface area contributed by atoms with E-state index < -0.39 is 10.0 Å². The maximum atomic E-state index is 12.2. The molecule has 8 nitrogen and oxygen atoms in total. The molecule has 136 valence electrons. The Kier molecular flexibility index (Phi) is 5.65. The summed E-state index contributed by atoms with van der Waals surface area (Å²) in [5.41, 5.74) is 1.44. The molecule has 0 bridgehead atoms. The lowest BCUT2D eigenvalue weighted by atomic mass is 10.2. The molecule has 1 fully saturated rings. The van der Waals surface area contributed by atoms with Gasteiger partial charge >= 0.3 is 0 Å². The largest absolute Gasteiger partial charge is 0.370 e. The van der Waals surface area contributed by atoms with Gasteiger partial charge in [-0.05, 0) is 37.1 Å². The van der Waals surface area contributed by atoms with Crippen LogP contribution in [0.25, 0.3) is 0 Å². The molecule has 0 spiro atoms. The minimum atomic E-state index is -3.60. The molecule has 0 unspecified atom stereocenters. The van der Waals surface area contributed by atoms with E-state index in [9.17, 15) is 8.42 Å². The minimum Gasteiger partial charge on any atom is -0.370 e. The second-order valence-electron chi connectivity index (χ2n) is 5.95. The number of anilines is 2. The molecular formula is C17H20N6O2S. The quantitative estimate of drug-likeness (QED) is 0.706. The van der Waals surface area contributed by atoms with Gasteiger partial charge in [-0.15, -0.1) is 5.10 Å². The summed E-state index contributed by atoms with van der Waals surface area (Å²) in [7, 11) is -3.60. The van der Waals surface area contributed by atoms with Crippen molar-refractivity contribution in [3.8, 4) is 6.07 Å². The average Bonchev–Trinajstić information content (AvgIpc) is 3.20. The highest BCUT2D eigenvalue weighted by Gasteiger charge is 2.14. The zero-order chi connectivity index (χ0) is 18.4. The Labute approximate surface area is 152 Å². The first-order valence-corrected chi connectivity index (χ1v) is 9.88. The van der Waals surface area contributed by atoms with Crippen molar-refractivity contribution in [3.63, 3.8) is 0 Å². The van der Waals surface area contributed by atoms with E-state index in [1.807, 2.05) is 12.1 Å². The van der Waals surface area contributed by atoms with Crippen LogP contribution in [0.1, 0.15) is 18.4 Å². The van der Waals surface area contributed by atoms with Crippen LogP contribution < -0.4 is 14.9 Å². The Morgan fingerprint density at radius 1 is 1.15 bits per heavy atom. The highest BCUT2D eigenvalue weighted by Crippen LogP contribution is 2.20. The molecule has 1 aliphatic heterocycles. The molecule has 1 aromatic carbocycles. The first-order chi connectivity index (χ1) is 12.6. The minimum absolute atomic E-state index is 0.132. The molecular weight excluding hydrogens is 352 g/mol. The van der Waals surface area contributed by atoms with Crippen LogP contribution in [0.3, 0.4) is 0 Å². The molecule has 9 heteroatoms. The third-order valence-corrected chi connectivity index (χ3v) is 5.61. The van der Waals surface area contributed by atoms with Gasteiger partial charge in [0.25, 0.3) is 0 Å². The number of sulfonamides is 1. The number of benzene rings is 1. The van der Waals surface area contributed by atoms with E-state index in [2.05, 4.69) is 25.1 Å². The van der Waals surface area contributed by atoms with Crippen molar-refractivity contribution >= 4 is 21.5 Å². The van der Waals surface area contributed by atoms with Crippen molar-refractivity contribution in [2.75, 3.05) is 36.4 Å². The smallest absolute Gasteiger partial charge is 0.240 e. The van der Waals surface area contributed by atoms with Gasteiger partial charge in [-0.1, -0.05) is 0 Å². The standard InChI is InChI=1S/C17H20N6O2S/c18-12-14-3-5-16(6-4-14)26(24,25)21-8-7-19-17-11-15(13-20-22-17)23-9-1-2-10-23/h3-6,11,13,21H,1-2,7-10H2,(H,19,22). The number of nitrogens with one attached hydrogen (secondary N) is 2. The van der Waals surface area contributed by atoms with Gasteiger partial charge in [0, 0.05) is 32.2 Å². The molecule has 0 aliphatic carbocycles. The van der Waals surface area contributed by atoms with Crippen LogP contribution in [0.4, 0.5) is 11.5 Å². The highest BCUT2D eigenvalue weighted by molar-refractivity contribution is 7.89. The Balaban J connectivity index is 1.51. The third-order valence-electron chi connectivity index (χ3n) is 4.13. The van der Waals surface area contributed by atoms with Gasteiger partial charge in [0.1, 0.15) is 0 Å². The molecule has 0 amide bonds. The number of hydrogen-bond donors (Lipinski definition) is 2. The topological polar surface area (TPSA) is 111 Å². The highest BCUT2D eigenvalue weighted by atomic mass is 32.2. The van der Waals surface area contributed by atoms with Crippen molar-refractivity contribution in [3.05, 3.63) is 42.1 Å². The van der Waals surface area contributed by atoms with Crippen molar-refractivity contribution in [2.24, 2.45) is 0 Å². The maximum absolute atomic E-state index is 12.2. The predicted octanol–water partition coefficient (Wildman–Crippen LogP) is 1.34. The van der Waals surface area contributed by atoms with E-state index in [0.29, 0.717) is 17.9 Å². The van der Waals surface area contributed by atoms with Crippen LogP contribution in [0, 0.1) is 11.3 Å². The third kappa shape index (κ3) is 4.47. The van der Waals surface area contributed by atoms with Crippen LogP contribution in [0.2, 0.25) is 0 Å². The van der Waals surface area contributed by atoms with E-state index in [0.717, 1.165) is 18.8 Å². The predicted molar refractivity (Wildman–Crippen MR) is 98.3 cm³/mol. The van der Waals surface area contributed by atoms with Gasteiger partial charge < -0.3 is 10.2 Å². The molecule has 26 heavy (non-hydrogen) atoms. The SMILES string of the molecule is N#Cc1ccc(S(=O)(=O)NCCNc2cc(N3CCCC3)cnn2)cc1. The van der Waals surface area contributed by atoms with E-state index >= 15 is 0 Å². The Bertz CT molecular complexity index is 886. The summed E-state index contributed by atoms with van der Waals surface area (Å²) in [6, 6.07) is 9.67. The molecule has 2 aromatic rings. The van der Waals surface area contributed by atoms with Crippen molar-refractivity contribution in [2.45, 2.75) is 17.7 Å². The molecule has 1 aliphatic rings. The monoisotopic (exact) mass is 372 g/mol.